The zero-order valence-electron chi connectivity index (χ0n) is 21.6. The van der Waals surface area contributed by atoms with Crippen LogP contribution >= 0.6 is 0 Å². The van der Waals surface area contributed by atoms with Gasteiger partial charge in [-0.1, -0.05) is 45.4 Å². The second kappa shape index (κ2) is 11.4. The van der Waals surface area contributed by atoms with E-state index in [1.54, 1.807) is 11.0 Å². The summed E-state index contributed by atoms with van der Waals surface area (Å²) in [5, 5.41) is 11.5. The van der Waals surface area contributed by atoms with Crippen LogP contribution in [0.4, 0.5) is 0 Å². The number of para-hydroxylation sites is 1. The molecule has 0 saturated carbocycles. The van der Waals surface area contributed by atoms with Crippen LogP contribution in [-0.4, -0.2) is 41.0 Å². The Bertz CT molecular complexity index is 1100. The maximum absolute atomic E-state index is 13.3. The summed E-state index contributed by atoms with van der Waals surface area (Å²) in [4.78, 5) is 28.1. The molecule has 2 aromatic carbocycles. The molecule has 1 amide bonds. The topological polar surface area (TPSA) is 76.1 Å². The lowest BCUT2D eigenvalue weighted by Crippen LogP contribution is -2.31. The van der Waals surface area contributed by atoms with Crippen molar-refractivity contribution in [2.75, 3.05) is 13.2 Å². The molecule has 35 heavy (non-hydrogen) atoms. The van der Waals surface area contributed by atoms with E-state index in [0.29, 0.717) is 30.0 Å². The predicted molar refractivity (Wildman–Crippen MR) is 138 cm³/mol. The molecular weight excluding hydrogens is 442 g/mol. The van der Waals surface area contributed by atoms with Gasteiger partial charge >= 0.3 is 0 Å². The average Bonchev–Trinajstić information content (AvgIpc) is 3.07. The van der Waals surface area contributed by atoms with Gasteiger partial charge in [0.25, 0.3) is 11.7 Å². The Kier molecular flexibility index (Phi) is 8.60. The third-order valence-corrected chi connectivity index (χ3v) is 6.07. The molecule has 1 aliphatic rings. The number of aliphatic hydroxyl groups is 1. The average molecular weight is 480 g/mol. The molecular formula is C29H37NO5. The molecule has 1 heterocycles. The van der Waals surface area contributed by atoms with E-state index in [0.717, 1.165) is 24.2 Å². The summed E-state index contributed by atoms with van der Waals surface area (Å²) in [6, 6.07) is 12.1. The largest absolute Gasteiger partial charge is 0.507 e. The van der Waals surface area contributed by atoms with Crippen molar-refractivity contribution in [3.05, 3.63) is 64.7 Å². The molecule has 6 nitrogen and oxygen atoms in total. The van der Waals surface area contributed by atoms with Crippen LogP contribution in [0.15, 0.2) is 48.0 Å². The summed E-state index contributed by atoms with van der Waals surface area (Å²) >= 11 is 0. The summed E-state index contributed by atoms with van der Waals surface area (Å²) in [5.41, 5.74) is 2.19. The van der Waals surface area contributed by atoms with Gasteiger partial charge in [0, 0.05) is 17.7 Å². The fraction of sp³-hybridized carbons (Fsp3) is 0.448. The number of ketones is 1. The van der Waals surface area contributed by atoms with Crippen molar-refractivity contribution in [3.63, 3.8) is 0 Å². The third kappa shape index (κ3) is 5.53. The Morgan fingerprint density at radius 3 is 2.37 bits per heavy atom. The minimum absolute atomic E-state index is 0.0878. The number of benzene rings is 2. The third-order valence-electron chi connectivity index (χ3n) is 6.07. The molecule has 1 N–H and O–H groups in total. The molecule has 1 saturated heterocycles. The number of carbonyl (C=O) groups excluding carboxylic acids is 2. The molecule has 6 heteroatoms. The second-order valence-electron chi connectivity index (χ2n) is 9.39. The minimum atomic E-state index is -0.731. The maximum Gasteiger partial charge on any atom is 0.295 e. The molecule has 0 aromatic heterocycles. The number of Topliss-reactive ketones (excluding diaryl/α,β-unsaturated/α-hetero) is 1. The Labute approximate surface area is 208 Å². The van der Waals surface area contributed by atoms with Crippen molar-refractivity contribution in [2.45, 2.75) is 72.4 Å². The SMILES string of the molecule is CCCCN1C(=O)C(=O)/C(=C(/O)c2ccc(OCC)c(C(C)C)c2)C1c1ccccc1OC(C)C. The van der Waals surface area contributed by atoms with Gasteiger partial charge in [0.05, 0.1) is 24.3 Å². The van der Waals surface area contributed by atoms with Crippen LogP contribution in [0.25, 0.3) is 5.76 Å². The number of rotatable bonds is 10. The standard InChI is InChI=1S/C29H37NO5/c1-7-9-16-30-26(21-12-10-11-13-24(21)35-19(5)6)25(28(32)29(30)33)27(31)20-14-15-23(34-8-2)22(17-20)18(3)4/h10-15,17-19,26,31H,7-9,16H2,1-6H3/b27-25+. The molecule has 1 fully saturated rings. The zero-order chi connectivity index (χ0) is 25.7. The monoisotopic (exact) mass is 479 g/mol. The normalized spacial score (nSPS) is 17.5. The fourth-order valence-corrected chi connectivity index (χ4v) is 4.42. The van der Waals surface area contributed by atoms with E-state index in [4.69, 9.17) is 9.47 Å². The highest BCUT2D eigenvalue weighted by molar-refractivity contribution is 6.46. The summed E-state index contributed by atoms with van der Waals surface area (Å²) in [6.45, 7) is 12.9. The molecule has 3 rings (SSSR count). The fourth-order valence-electron chi connectivity index (χ4n) is 4.42. The summed E-state index contributed by atoms with van der Waals surface area (Å²) < 4.78 is 11.8. The van der Waals surface area contributed by atoms with Crippen molar-refractivity contribution in [2.24, 2.45) is 0 Å². The Balaban J connectivity index is 2.22. The van der Waals surface area contributed by atoms with Gasteiger partial charge in [-0.2, -0.15) is 0 Å². The Morgan fingerprint density at radius 2 is 1.74 bits per heavy atom. The molecule has 0 bridgehead atoms. The van der Waals surface area contributed by atoms with Crippen LogP contribution in [0.1, 0.15) is 83.0 Å². The van der Waals surface area contributed by atoms with Crippen LogP contribution in [0.5, 0.6) is 11.5 Å². The van der Waals surface area contributed by atoms with E-state index in [2.05, 4.69) is 0 Å². The van der Waals surface area contributed by atoms with Crippen LogP contribution in [0.3, 0.4) is 0 Å². The Hall–Kier alpha value is -3.28. The van der Waals surface area contributed by atoms with Gasteiger partial charge in [0.2, 0.25) is 0 Å². The highest BCUT2D eigenvalue weighted by Crippen LogP contribution is 2.43. The number of carbonyl (C=O) groups is 2. The number of likely N-dealkylation sites (tertiary alicyclic amines) is 1. The first-order chi connectivity index (χ1) is 16.7. The molecule has 0 aliphatic carbocycles. The number of ether oxygens (including phenoxy) is 2. The van der Waals surface area contributed by atoms with Crippen LogP contribution in [0, 0.1) is 0 Å². The summed E-state index contributed by atoms with van der Waals surface area (Å²) in [5.74, 6) is 0.0252. The maximum atomic E-state index is 13.3. The molecule has 1 unspecified atom stereocenters. The Morgan fingerprint density at radius 1 is 1.03 bits per heavy atom. The van der Waals surface area contributed by atoms with Gasteiger partial charge in [0.15, 0.2) is 0 Å². The lowest BCUT2D eigenvalue weighted by molar-refractivity contribution is -0.139. The summed E-state index contributed by atoms with van der Waals surface area (Å²) in [6.07, 6.45) is 1.53. The van der Waals surface area contributed by atoms with E-state index in [1.165, 1.54) is 0 Å². The smallest absolute Gasteiger partial charge is 0.295 e. The zero-order valence-corrected chi connectivity index (χ0v) is 21.6. The van der Waals surface area contributed by atoms with Crippen molar-refractivity contribution in [1.82, 2.24) is 4.90 Å². The first-order valence-electron chi connectivity index (χ1n) is 12.5. The first kappa shape index (κ1) is 26.3. The van der Waals surface area contributed by atoms with E-state index in [9.17, 15) is 14.7 Å². The van der Waals surface area contributed by atoms with Crippen LogP contribution in [0.2, 0.25) is 0 Å². The molecule has 188 valence electrons. The van der Waals surface area contributed by atoms with Crippen molar-refractivity contribution in [3.8, 4) is 11.5 Å². The van der Waals surface area contributed by atoms with E-state index in [-0.39, 0.29) is 23.4 Å². The lowest BCUT2D eigenvalue weighted by Gasteiger charge is -2.27. The number of nitrogens with zero attached hydrogens (tertiary/aromatic N) is 1. The van der Waals surface area contributed by atoms with E-state index < -0.39 is 17.7 Å². The highest BCUT2D eigenvalue weighted by atomic mass is 16.5. The van der Waals surface area contributed by atoms with E-state index >= 15 is 0 Å². The lowest BCUT2D eigenvalue weighted by atomic mass is 9.92. The number of amides is 1. The molecule has 0 spiro atoms. The predicted octanol–water partition coefficient (Wildman–Crippen LogP) is 6.22. The molecule has 1 aliphatic heterocycles. The molecule has 1 atom stereocenters. The van der Waals surface area contributed by atoms with Gasteiger partial charge in [-0.15, -0.1) is 0 Å². The van der Waals surface area contributed by atoms with Crippen molar-refractivity contribution in [1.29, 1.82) is 0 Å². The molecule has 0 radical (unpaired) electrons. The van der Waals surface area contributed by atoms with Gasteiger partial charge in [-0.3, -0.25) is 9.59 Å². The van der Waals surface area contributed by atoms with Gasteiger partial charge in [0.1, 0.15) is 17.3 Å². The second-order valence-corrected chi connectivity index (χ2v) is 9.39. The van der Waals surface area contributed by atoms with Crippen LogP contribution < -0.4 is 9.47 Å². The number of aliphatic hydroxyl groups excluding tert-OH is 1. The summed E-state index contributed by atoms with van der Waals surface area (Å²) in [7, 11) is 0. The quantitative estimate of drug-likeness (QED) is 0.249. The van der Waals surface area contributed by atoms with Gasteiger partial charge < -0.3 is 19.5 Å². The first-order valence-corrected chi connectivity index (χ1v) is 12.5. The van der Waals surface area contributed by atoms with Crippen molar-refractivity contribution >= 4 is 17.4 Å². The minimum Gasteiger partial charge on any atom is -0.507 e. The number of hydrogen-bond acceptors (Lipinski definition) is 5. The van der Waals surface area contributed by atoms with E-state index in [1.807, 2.05) is 77.9 Å². The molecule has 2 aromatic rings. The van der Waals surface area contributed by atoms with Crippen molar-refractivity contribution < 1.29 is 24.2 Å². The van der Waals surface area contributed by atoms with Gasteiger partial charge in [-0.05, 0) is 62.9 Å². The number of unbranched alkanes of at least 4 members (excludes halogenated alkanes) is 1. The highest BCUT2D eigenvalue weighted by Gasteiger charge is 2.46. The van der Waals surface area contributed by atoms with Gasteiger partial charge in [-0.25, -0.2) is 0 Å². The number of hydrogen-bond donors (Lipinski definition) is 1. The van der Waals surface area contributed by atoms with Crippen LogP contribution in [-0.2, 0) is 9.59 Å².